The molecule has 2 aromatic carbocycles. The van der Waals surface area contributed by atoms with E-state index in [1.165, 1.54) is 28.3 Å². The lowest BCUT2D eigenvalue weighted by Gasteiger charge is -2.36. The molecule has 4 aromatic rings. The van der Waals surface area contributed by atoms with Crippen LogP contribution in [0.15, 0.2) is 71.8 Å². The molecule has 0 spiro atoms. The van der Waals surface area contributed by atoms with Gasteiger partial charge in [0.25, 0.3) is 5.56 Å². The molecular formula is C24H21FN4O2S. The number of hydrogen-bond acceptors (Lipinski definition) is 5. The van der Waals surface area contributed by atoms with Crippen LogP contribution in [0.2, 0.25) is 0 Å². The molecule has 0 saturated carbocycles. The Morgan fingerprint density at radius 2 is 1.72 bits per heavy atom. The molecule has 1 saturated heterocycles. The zero-order valence-corrected chi connectivity index (χ0v) is 18.1. The molecule has 0 atom stereocenters. The molecule has 0 N–H and O–H groups in total. The lowest BCUT2D eigenvalue weighted by atomic mass is 10.2. The minimum Gasteiger partial charge on any atom is -0.366 e. The fourth-order valence-electron chi connectivity index (χ4n) is 3.97. The number of hydrogen-bond donors (Lipinski definition) is 0. The number of thiophene rings is 1. The van der Waals surface area contributed by atoms with E-state index in [-0.39, 0.29) is 23.8 Å². The van der Waals surface area contributed by atoms with Crippen molar-refractivity contribution < 1.29 is 9.18 Å². The van der Waals surface area contributed by atoms with E-state index in [1.807, 2.05) is 41.3 Å². The second-order valence-corrected chi connectivity index (χ2v) is 8.72. The number of piperazine rings is 1. The molecule has 0 bridgehead atoms. The number of benzene rings is 2. The van der Waals surface area contributed by atoms with Crippen molar-refractivity contribution in [3.8, 4) is 10.4 Å². The Kier molecular flexibility index (Phi) is 5.45. The Balaban J connectivity index is 1.29. The maximum atomic E-state index is 14.0. The summed E-state index contributed by atoms with van der Waals surface area (Å²) in [6, 6.07) is 18.3. The molecule has 1 aliphatic heterocycles. The highest BCUT2D eigenvalue weighted by molar-refractivity contribution is 7.21. The van der Waals surface area contributed by atoms with Crippen LogP contribution in [-0.2, 0) is 11.3 Å². The number of carbonyl (C=O) groups excluding carboxylic acids is 1. The van der Waals surface area contributed by atoms with Crippen molar-refractivity contribution in [1.82, 2.24) is 14.5 Å². The van der Waals surface area contributed by atoms with Gasteiger partial charge in [0.2, 0.25) is 5.91 Å². The summed E-state index contributed by atoms with van der Waals surface area (Å²) in [6.45, 7) is 1.99. The molecule has 32 heavy (non-hydrogen) atoms. The predicted octanol–water partition coefficient (Wildman–Crippen LogP) is 3.61. The normalized spacial score (nSPS) is 14.2. The van der Waals surface area contributed by atoms with Crippen molar-refractivity contribution >= 4 is 33.1 Å². The summed E-state index contributed by atoms with van der Waals surface area (Å²) in [7, 11) is 0. The van der Waals surface area contributed by atoms with E-state index in [0.29, 0.717) is 42.1 Å². The average Bonchev–Trinajstić information content (AvgIpc) is 3.27. The maximum absolute atomic E-state index is 14.0. The predicted molar refractivity (Wildman–Crippen MR) is 125 cm³/mol. The van der Waals surface area contributed by atoms with Crippen LogP contribution < -0.4 is 10.5 Å². The molecule has 3 heterocycles. The van der Waals surface area contributed by atoms with Gasteiger partial charge in [-0.2, -0.15) is 0 Å². The smallest absolute Gasteiger partial charge is 0.262 e. The molecule has 5 rings (SSSR count). The fraction of sp³-hybridized carbons (Fsp3) is 0.208. The molecule has 6 nitrogen and oxygen atoms in total. The lowest BCUT2D eigenvalue weighted by molar-refractivity contribution is -0.132. The Hall–Kier alpha value is -3.52. The number of fused-ring (bicyclic) bond motifs is 1. The standard InChI is InChI=1S/C24H21FN4O2S/c25-19-8-4-5-9-20(19)27-10-12-28(13-11-27)22(30)15-29-16-26-23-18(24(29)31)14-21(32-23)17-6-2-1-3-7-17/h1-9,14,16H,10-13,15H2. The lowest BCUT2D eigenvalue weighted by Crippen LogP contribution is -2.50. The number of rotatable bonds is 4. The van der Waals surface area contributed by atoms with Gasteiger partial charge in [0.1, 0.15) is 17.2 Å². The van der Waals surface area contributed by atoms with E-state index in [0.717, 1.165) is 10.4 Å². The molecule has 1 fully saturated rings. The van der Waals surface area contributed by atoms with Gasteiger partial charge in [-0.15, -0.1) is 11.3 Å². The van der Waals surface area contributed by atoms with E-state index in [2.05, 4.69) is 4.98 Å². The van der Waals surface area contributed by atoms with E-state index in [1.54, 1.807) is 23.1 Å². The molecule has 162 valence electrons. The van der Waals surface area contributed by atoms with Crippen LogP contribution >= 0.6 is 11.3 Å². The Morgan fingerprint density at radius 3 is 2.47 bits per heavy atom. The van der Waals surface area contributed by atoms with E-state index in [9.17, 15) is 14.0 Å². The quantitative estimate of drug-likeness (QED) is 0.479. The van der Waals surface area contributed by atoms with Crippen molar-refractivity contribution in [2.45, 2.75) is 6.54 Å². The molecule has 8 heteroatoms. The number of amides is 1. The van der Waals surface area contributed by atoms with Crippen LogP contribution in [-0.4, -0.2) is 46.5 Å². The number of para-hydroxylation sites is 1. The first-order valence-corrected chi connectivity index (χ1v) is 11.2. The first-order chi connectivity index (χ1) is 15.6. The first kappa shape index (κ1) is 20.4. The summed E-state index contributed by atoms with van der Waals surface area (Å²) in [5, 5.41) is 0.522. The van der Waals surface area contributed by atoms with Crippen LogP contribution in [0, 0.1) is 5.82 Å². The maximum Gasteiger partial charge on any atom is 0.262 e. The van der Waals surface area contributed by atoms with Crippen LogP contribution in [0.1, 0.15) is 0 Å². The van der Waals surface area contributed by atoms with E-state index >= 15 is 0 Å². The van der Waals surface area contributed by atoms with E-state index < -0.39 is 0 Å². The van der Waals surface area contributed by atoms with Crippen LogP contribution in [0.4, 0.5) is 10.1 Å². The van der Waals surface area contributed by atoms with Crippen molar-refractivity contribution in [3.05, 3.63) is 83.2 Å². The fourth-order valence-corrected chi connectivity index (χ4v) is 4.96. The Bertz CT molecular complexity index is 1330. The second kappa shape index (κ2) is 8.55. The number of nitrogens with zero attached hydrogens (tertiary/aromatic N) is 4. The van der Waals surface area contributed by atoms with Gasteiger partial charge in [-0.05, 0) is 23.8 Å². The minimum atomic E-state index is -0.260. The van der Waals surface area contributed by atoms with Gasteiger partial charge in [0.05, 0.1) is 17.4 Å². The van der Waals surface area contributed by atoms with Gasteiger partial charge in [-0.1, -0.05) is 42.5 Å². The molecule has 2 aromatic heterocycles. The highest BCUT2D eigenvalue weighted by Gasteiger charge is 2.23. The largest absolute Gasteiger partial charge is 0.366 e. The topological polar surface area (TPSA) is 58.4 Å². The summed E-state index contributed by atoms with van der Waals surface area (Å²) >= 11 is 1.46. The van der Waals surface area contributed by atoms with E-state index in [4.69, 9.17) is 0 Å². The van der Waals surface area contributed by atoms with Gasteiger partial charge >= 0.3 is 0 Å². The molecule has 0 aliphatic carbocycles. The van der Waals surface area contributed by atoms with Crippen LogP contribution in [0.3, 0.4) is 0 Å². The van der Waals surface area contributed by atoms with Crippen molar-refractivity contribution in [3.63, 3.8) is 0 Å². The van der Waals surface area contributed by atoms with Gasteiger partial charge in [-0.3, -0.25) is 14.2 Å². The first-order valence-electron chi connectivity index (χ1n) is 10.4. The summed E-state index contributed by atoms with van der Waals surface area (Å²) in [5.74, 6) is -0.399. The minimum absolute atomic E-state index is 0.0576. The summed E-state index contributed by atoms with van der Waals surface area (Å²) in [6.07, 6.45) is 1.45. The van der Waals surface area contributed by atoms with Crippen LogP contribution in [0.25, 0.3) is 20.7 Å². The monoisotopic (exact) mass is 448 g/mol. The summed E-state index contributed by atoms with van der Waals surface area (Å²) in [5.41, 5.74) is 1.37. The number of aromatic nitrogens is 2. The third kappa shape index (κ3) is 3.89. The highest BCUT2D eigenvalue weighted by Crippen LogP contribution is 2.30. The highest BCUT2D eigenvalue weighted by atomic mass is 32.1. The SMILES string of the molecule is O=C(Cn1cnc2sc(-c3ccccc3)cc2c1=O)N1CCN(c2ccccc2F)CC1. The zero-order chi connectivity index (χ0) is 22.1. The third-order valence-electron chi connectivity index (χ3n) is 5.71. The van der Waals surface area contributed by atoms with Crippen molar-refractivity contribution in [2.75, 3.05) is 31.1 Å². The number of carbonyl (C=O) groups is 1. The molecule has 1 amide bonds. The molecule has 0 radical (unpaired) electrons. The van der Waals surface area contributed by atoms with Crippen molar-refractivity contribution in [2.24, 2.45) is 0 Å². The Morgan fingerprint density at radius 1 is 1.00 bits per heavy atom. The second-order valence-electron chi connectivity index (χ2n) is 7.69. The Labute approximate surface area is 188 Å². The summed E-state index contributed by atoms with van der Waals surface area (Å²) in [4.78, 5) is 35.5. The third-order valence-corrected chi connectivity index (χ3v) is 6.80. The van der Waals surface area contributed by atoms with Crippen LogP contribution in [0.5, 0.6) is 0 Å². The summed E-state index contributed by atoms with van der Waals surface area (Å²) < 4.78 is 15.4. The number of halogens is 1. The van der Waals surface area contributed by atoms with Gasteiger partial charge in [0.15, 0.2) is 0 Å². The molecule has 1 aliphatic rings. The van der Waals surface area contributed by atoms with Crippen molar-refractivity contribution in [1.29, 1.82) is 0 Å². The average molecular weight is 449 g/mol. The molecule has 0 unspecified atom stereocenters. The van der Waals surface area contributed by atoms with Gasteiger partial charge < -0.3 is 9.80 Å². The zero-order valence-electron chi connectivity index (χ0n) is 17.3. The van der Waals surface area contributed by atoms with Gasteiger partial charge in [-0.25, -0.2) is 9.37 Å². The molecular weight excluding hydrogens is 427 g/mol. The number of anilines is 1. The van der Waals surface area contributed by atoms with Gasteiger partial charge in [0, 0.05) is 31.1 Å².